The maximum Gasteiger partial charge on any atom is 0.224 e. The summed E-state index contributed by atoms with van der Waals surface area (Å²) in [5, 5.41) is 7.48. The summed E-state index contributed by atoms with van der Waals surface area (Å²) in [6.07, 6.45) is 6.60. The fraction of sp³-hybridized carbons (Fsp3) is 0.692. The molecule has 0 bridgehead atoms. The number of nitrogens with one attached hydrogen (secondary N) is 1. The van der Waals surface area contributed by atoms with Gasteiger partial charge in [-0.15, -0.1) is 0 Å². The molecule has 1 aliphatic heterocycles. The summed E-state index contributed by atoms with van der Waals surface area (Å²) in [7, 11) is 1.90. The Bertz CT molecular complexity index is 357. The third-order valence-electron chi connectivity index (χ3n) is 3.47. The number of carbonyl (C=O) groups excluding carboxylic acids is 1. The molecule has 1 amide bonds. The van der Waals surface area contributed by atoms with Crippen LogP contribution in [0.15, 0.2) is 18.5 Å². The van der Waals surface area contributed by atoms with Gasteiger partial charge in [0.1, 0.15) is 0 Å². The quantitative estimate of drug-likeness (QED) is 0.838. The first-order valence-electron chi connectivity index (χ1n) is 6.68. The predicted molar refractivity (Wildman–Crippen MR) is 70.1 cm³/mol. The molecule has 1 saturated heterocycles. The second kappa shape index (κ2) is 6.54. The second-order valence-electron chi connectivity index (χ2n) is 5.01. The zero-order valence-electron chi connectivity index (χ0n) is 11.0. The molecule has 2 heterocycles. The third-order valence-corrected chi connectivity index (χ3v) is 3.47. The average molecular weight is 250 g/mol. The van der Waals surface area contributed by atoms with Gasteiger partial charge in [0.15, 0.2) is 0 Å². The molecule has 0 radical (unpaired) electrons. The topological polar surface area (TPSA) is 50.2 Å². The molecule has 1 unspecified atom stereocenters. The van der Waals surface area contributed by atoms with E-state index in [1.165, 1.54) is 12.8 Å². The lowest BCUT2D eigenvalue weighted by Crippen LogP contribution is -2.39. The average Bonchev–Trinajstić information content (AvgIpc) is 2.90. The van der Waals surface area contributed by atoms with Gasteiger partial charge in [0.2, 0.25) is 5.91 Å². The van der Waals surface area contributed by atoms with E-state index in [4.69, 9.17) is 0 Å². The van der Waals surface area contributed by atoms with E-state index in [1.807, 2.05) is 24.2 Å². The minimum absolute atomic E-state index is 0.205. The number of aromatic nitrogens is 2. The second-order valence-corrected chi connectivity index (χ2v) is 5.01. The van der Waals surface area contributed by atoms with E-state index in [-0.39, 0.29) is 5.91 Å². The normalized spacial score (nSPS) is 19.7. The van der Waals surface area contributed by atoms with Crippen molar-refractivity contribution in [3.8, 4) is 0 Å². The molecule has 5 heteroatoms. The number of rotatable bonds is 5. The monoisotopic (exact) mass is 250 g/mol. The first kappa shape index (κ1) is 13.1. The molecule has 1 aliphatic rings. The Morgan fingerprint density at radius 2 is 2.50 bits per heavy atom. The molecule has 5 nitrogen and oxygen atoms in total. The van der Waals surface area contributed by atoms with Gasteiger partial charge in [0.25, 0.3) is 0 Å². The highest BCUT2D eigenvalue weighted by Gasteiger charge is 2.17. The predicted octanol–water partition coefficient (Wildman–Crippen LogP) is 0.731. The van der Waals surface area contributed by atoms with Gasteiger partial charge in [-0.05, 0) is 37.9 Å². The van der Waals surface area contributed by atoms with Crippen LogP contribution in [0.3, 0.4) is 0 Å². The fourth-order valence-electron chi connectivity index (χ4n) is 2.40. The molecule has 1 atom stereocenters. The van der Waals surface area contributed by atoms with Crippen molar-refractivity contribution < 1.29 is 4.79 Å². The molecule has 100 valence electrons. The van der Waals surface area contributed by atoms with Crippen LogP contribution in [0.5, 0.6) is 0 Å². The van der Waals surface area contributed by atoms with Crippen LogP contribution in [0, 0.1) is 5.92 Å². The lowest BCUT2D eigenvalue weighted by molar-refractivity contribution is -0.130. The number of nitrogens with zero attached hydrogens (tertiary/aromatic N) is 3. The first-order chi connectivity index (χ1) is 8.75. The Balaban J connectivity index is 1.70. The standard InChI is InChI=1S/C13H22N4O/c1-16(11-12-4-2-6-14-10-12)13(18)5-9-17-8-3-7-15-17/h3,7-8,12,14H,2,4-6,9-11H2,1H3. The molecule has 1 aromatic heterocycles. The molecule has 1 aromatic rings. The highest BCUT2D eigenvalue weighted by atomic mass is 16.2. The van der Waals surface area contributed by atoms with Gasteiger partial charge in [-0.25, -0.2) is 0 Å². The van der Waals surface area contributed by atoms with Crippen molar-refractivity contribution >= 4 is 5.91 Å². The summed E-state index contributed by atoms with van der Waals surface area (Å²) in [6.45, 7) is 3.69. The molecular weight excluding hydrogens is 228 g/mol. The van der Waals surface area contributed by atoms with E-state index in [9.17, 15) is 4.79 Å². The van der Waals surface area contributed by atoms with Crippen LogP contribution >= 0.6 is 0 Å². The summed E-state index contributed by atoms with van der Waals surface area (Å²) in [5.74, 6) is 0.813. The van der Waals surface area contributed by atoms with Crippen molar-refractivity contribution in [1.82, 2.24) is 20.0 Å². The minimum Gasteiger partial charge on any atom is -0.345 e. The van der Waals surface area contributed by atoms with Crippen LogP contribution in [-0.4, -0.2) is 47.3 Å². The zero-order valence-corrected chi connectivity index (χ0v) is 11.0. The number of carbonyl (C=O) groups is 1. The fourth-order valence-corrected chi connectivity index (χ4v) is 2.40. The Labute approximate surface area is 108 Å². The van der Waals surface area contributed by atoms with Crippen LogP contribution in [-0.2, 0) is 11.3 Å². The molecule has 0 spiro atoms. The van der Waals surface area contributed by atoms with Crippen molar-refractivity contribution in [2.24, 2.45) is 5.92 Å². The van der Waals surface area contributed by atoms with Crippen LogP contribution in [0.1, 0.15) is 19.3 Å². The number of amides is 1. The highest BCUT2D eigenvalue weighted by molar-refractivity contribution is 5.75. The van der Waals surface area contributed by atoms with Gasteiger partial charge >= 0.3 is 0 Å². The van der Waals surface area contributed by atoms with E-state index >= 15 is 0 Å². The number of hydrogen-bond acceptors (Lipinski definition) is 3. The zero-order chi connectivity index (χ0) is 12.8. The van der Waals surface area contributed by atoms with E-state index < -0.39 is 0 Å². The molecule has 0 aliphatic carbocycles. The Hall–Kier alpha value is -1.36. The molecule has 0 saturated carbocycles. The van der Waals surface area contributed by atoms with Gasteiger partial charge in [-0.1, -0.05) is 0 Å². The van der Waals surface area contributed by atoms with Crippen molar-refractivity contribution in [2.45, 2.75) is 25.8 Å². The van der Waals surface area contributed by atoms with Crippen molar-refractivity contribution in [3.63, 3.8) is 0 Å². The molecule has 18 heavy (non-hydrogen) atoms. The Morgan fingerprint density at radius 3 is 3.17 bits per heavy atom. The van der Waals surface area contributed by atoms with Crippen molar-refractivity contribution in [1.29, 1.82) is 0 Å². The van der Waals surface area contributed by atoms with Crippen molar-refractivity contribution in [3.05, 3.63) is 18.5 Å². The molecule has 0 aromatic carbocycles. The summed E-state index contributed by atoms with van der Waals surface area (Å²) in [5.41, 5.74) is 0. The summed E-state index contributed by atoms with van der Waals surface area (Å²) in [4.78, 5) is 13.8. The summed E-state index contributed by atoms with van der Waals surface area (Å²) >= 11 is 0. The largest absolute Gasteiger partial charge is 0.345 e. The van der Waals surface area contributed by atoms with Crippen LogP contribution in [0.4, 0.5) is 0 Å². The lowest BCUT2D eigenvalue weighted by atomic mass is 9.99. The summed E-state index contributed by atoms with van der Waals surface area (Å²) < 4.78 is 1.80. The van der Waals surface area contributed by atoms with E-state index in [1.54, 1.807) is 10.9 Å². The third kappa shape index (κ3) is 3.84. The van der Waals surface area contributed by atoms with E-state index in [0.29, 0.717) is 18.9 Å². The van der Waals surface area contributed by atoms with Crippen LogP contribution in [0.2, 0.25) is 0 Å². The van der Waals surface area contributed by atoms with Gasteiger partial charge in [0, 0.05) is 39.0 Å². The molecule has 1 fully saturated rings. The number of hydrogen-bond donors (Lipinski definition) is 1. The van der Waals surface area contributed by atoms with Crippen LogP contribution < -0.4 is 5.32 Å². The van der Waals surface area contributed by atoms with Crippen LogP contribution in [0.25, 0.3) is 0 Å². The maximum atomic E-state index is 12.0. The lowest BCUT2D eigenvalue weighted by Gasteiger charge is -2.27. The van der Waals surface area contributed by atoms with E-state index in [2.05, 4.69) is 10.4 Å². The highest BCUT2D eigenvalue weighted by Crippen LogP contribution is 2.11. The van der Waals surface area contributed by atoms with Gasteiger partial charge in [-0.2, -0.15) is 5.10 Å². The van der Waals surface area contributed by atoms with Crippen molar-refractivity contribution in [2.75, 3.05) is 26.7 Å². The first-order valence-corrected chi connectivity index (χ1v) is 6.68. The summed E-state index contributed by atoms with van der Waals surface area (Å²) in [6, 6.07) is 1.88. The number of piperidine rings is 1. The molecule has 1 N–H and O–H groups in total. The SMILES string of the molecule is CN(CC1CCCNC1)C(=O)CCn1cccn1. The van der Waals surface area contributed by atoms with Gasteiger partial charge in [0.05, 0.1) is 0 Å². The Morgan fingerprint density at radius 1 is 1.61 bits per heavy atom. The smallest absolute Gasteiger partial charge is 0.224 e. The van der Waals surface area contributed by atoms with E-state index in [0.717, 1.165) is 19.6 Å². The minimum atomic E-state index is 0.205. The molecular formula is C13H22N4O. The Kier molecular flexibility index (Phi) is 4.75. The van der Waals surface area contributed by atoms with Gasteiger partial charge < -0.3 is 10.2 Å². The maximum absolute atomic E-state index is 12.0. The van der Waals surface area contributed by atoms with Gasteiger partial charge in [-0.3, -0.25) is 9.48 Å². The number of aryl methyl sites for hydroxylation is 1. The molecule has 2 rings (SSSR count).